The number of fused-ring (bicyclic) bond motifs is 2. The van der Waals surface area contributed by atoms with E-state index in [2.05, 4.69) is 10.1 Å². The lowest BCUT2D eigenvalue weighted by Crippen LogP contribution is -2.47. The van der Waals surface area contributed by atoms with Crippen LogP contribution >= 0.6 is 0 Å². The van der Waals surface area contributed by atoms with Crippen LogP contribution in [-0.2, 0) is 16.0 Å². The number of anilines is 4. The number of hydrogen-bond acceptors (Lipinski definition) is 9. The number of aryl methyl sites for hydroxylation is 1. The highest BCUT2D eigenvalue weighted by molar-refractivity contribution is 6.08. The summed E-state index contributed by atoms with van der Waals surface area (Å²) in [5, 5.41) is 3.97. The quantitative estimate of drug-likeness (QED) is 0.139. The van der Waals surface area contributed by atoms with E-state index in [0.717, 1.165) is 33.9 Å². The number of benzene rings is 4. The number of rotatable bonds is 9. The van der Waals surface area contributed by atoms with Crippen LogP contribution in [0, 0.1) is 0 Å². The molecule has 63 heavy (non-hydrogen) atoms. The topological polar surface area (TPSA) is 139 Å². The van der Waals surface area contributed by atoms with Crippen molar-refractivity contribution in [2.75, 3.05) is 33.8 Å². The first-order valence-corrected chi connectivity index (χ1v) is 21.1. The molecule has 6 aromatic rings. The molecule has 4 aromatic carbocycles. The van der Waals surface area contributed by atoms with Gasteiger partial charge in [-0.15, -0.1) is 0 Å². The molecule has 4 atom stereocenters. The minimum atomic E-state index is -0.193. The first kappa shape index (κ1) is 43.8. The molecule has 2 aliphatic heterocycles. The van der Waals surface area contributed by atoms with Crippen molar-refractivity contribution in [2.24, 2.45) is 0 Å². The molecule has 0 bridgehead atoms. The summed E-state index contributed by atoms with van der Waals surface area (Å²) < 4.78 is 15.7. The van der Waals surface area contributed by atoms with Crippen LogP contribution in [0.3, 0.4) is 0 Å². The molecule has 4 unspecified atom stereocenters. The summed E-state index contributed by atoms with van der Waals surface area (Å²) in [5.74, 6) is 0.850. The van der Waals surface area contributed by atoms with Gasteiger partial charge >= 0.3 is 0 Å². The molecule has 8 rings (SSSR count). The van der Waals surface area contributed by atoms with E-state index in [9.17, 15) is 19.2 Å². The number of methoxy groups -OCH3 is 2. The smallest absolute Gasteiger partial charge is 0.280 e. The lowest BCUT2D eigenvalue weighted by Gasteiger charge is -2.43. The van der Waals surface area contributed by atoms with E-state index in [0.29, 0.717) is 48.0 Å². The standard InChI is InChI=1S/C26H27N3O4.C24H25N3O3/c1-17-14-23(29(18(2)30)20-10-6-5-7-11-20)21-12-8-9-13-22(21)28(17)26(31)19-15-24(32-3)27-25(16-19)33-4;1-4-19-15-21(25-30-19)24(29)26-16(2)14-23(20-12-8-9-13-22(20)26)27(17(3)28)18-10-6-5-7-11-18/h5-13,15-17,23H,14H2,1-4H3;5-13,15-16,23H,4,14H2,1-3H3. The van der Waals surface area contributed by atoms with E-state index < -0.39 is 0 Å². The van der Waals surface area contributed by atoms with Crippen LogP contribution in [0.15, 0.2) is 132 Å². The molecule has 2 aromatic heterocycles. The Morgan fingerprint density at radius 3 is 1.48 bits per heavy atom. The molecule has 0 spiro atoms. The molecule has 13 nitrogen and oxygen atoms in total. The highest BCUT2D eigenvalue weighted by Gasteiger charge is 2.40. The van der Waals surface area contributed by atoms with Crippen LogP contribution in [-0.4, -0.2) is 60.1 Å². The average Bonchev–Trinajstić information content (AvgIpc) is 3.79. The molecule has 0 saturated heterocycles. The molecule has 0 fully saturated rings. The maximum atomic E-state index is 13.7. The average molecular weight is 849 g/mol. The van der Waals surface area contributed by atoms with Gasteiger partial charge in [0.1, 0.15) is 5.76 Å². The second-order valence-electron chi connectivity index (χ2n) is 15.6. The first-order chi connectivity index (χ1) is 30.4. The summed E-state index contributed by atoms with van der Waals surface area (Å²) in [6, 6.07) is 39.1. The predicted molar refractivity (Wildman–Crippen MR) is 243 cm³/mol. The molecule has 4 heterocycles. The van der Waals surface area contributed by atoms with E-state index in [-0.39, 0.29) is 47.8 Å². The molecular formula is C50H52N6O7. The van der Waals surface area contributed by atoms with Gasteiger partial charge in [-0.25, -0.2) is 0 Å². The molecule has 13 heteroatoms. The number of amides is 4. The van der Waals surface area contributed by atoms with Crippen LogP contribution in [0.25, 0.3) is 0 Å². The Morgan fingerprint density at radius 2 is 1.06 bits per heavy atom. The van der Waals surface area contributed by atoms with Crippen molar-refractivity contribution >= 4 is 46.4 Å². The van der Waals surface area contributed by atoms with Crippen molar-refractivity contribution in [2.45, 2.75) is 78.0 Å². The maximum absolute atomic E-state index is 13.7. The van der Waals surface area contributed by atoms with Crippen LogP contribution in [0.2, 0.25) is 0 Å². The van der Waals surface area contributed by atoms with Gasteiger partial charge in [-0.05, 0) is 74.2 Å². The summed E-state index contributed by atoms with van der Waals surface area (Å²) >= 11 is 0. The van der Waals surface area contributed by atoms with Gasteiger partial charge in [0.15, 0.2) is 5.69 Å². The fourth-order valence-electron chi connectivity index (χ4n) is 8.67. The van der Waals surface area contributed by atoms with Gasteiger partial charge in [0, 0.05) is 73.3 Å². The van der Waals surface area contributed by atoms with E-state index in [1.54, 1.807) is 41.8 Å². The minimum absolute atomic E-state index is 0.0305. The van der Waals surface area contributed by atoms with Gasteiger partial charge in [0.25, 0.3) is 11.8 Å². The minimum Gasteiger partial charge on any atom is -0.481 e. The molecule has 0 N–H and O–H groups in total. The van der Waals surface area contributed by atoms with Crippen LogP contribution in [0.5, 0.6) is 11.8 Å². The first-order valence-electron chi connectivity index (χ1n) is 21.1. The van der Waals surface area contributed by atoms with Crippen LogP contribution in [0.4, 0.5) is 22.7 Å². The number of hydrogen-bond donors (Lipinski definition) is 0. The van der Waals surface area contributed by atoms with Crippen molar-refractivity contribution in [3.05, 3.63) is 156 Å². The van der Waals surface area contributed by atoms with Crippen molar-refractivity contribution in [1.29, 1.82) is 0 Å². The Kier molecular flexibility index (Phi) is 13.3. The fourth-order valence-corrected chi connectivity index (χ4v) is 8.67. The predicted octanol–water partition coefficient (Wildman–Crippen LogP) is 9.40. The van der Waals surface area contributed by atoms with Gasteiger partial charge < -0.3 is 33.6 Å². The zero-order chi connectivity index (χ0) is 44.8. The molecule has 0 saturated carbocycles. The Hall–Kier alpha value is -7.28. The highest BCUT2D eigenvalue weighted by atomic mass is 16.5. The van der Waals surface area contributed by atoms with Gasteiger partial charge in [-0.3, -0.25) is 19.2 Å². The number of ether oxygens (including phenoxy) is 2. The number of aromatic nitrogens is 2. The van der Waals surface area contributed by atoms with Crippen molar-refractivity contribution in [3.8, 4) is 11.8 Å². The Morgan fingerprint density at radius 1 is 0.635 bits per heavy atom. The van der Waals surface area contributed by atoms with E-state index in [1.807, 2.05) is 140 Å². The summed E-state index contributed by atoms with van der Waals surface area (Å²) in [5.41, 5.74) is 5.86. The van der Waals surface area contributed by atoms with E-state index in [4.69, 9.17) is 14.0 Å². The van der Waals surface area contributed by atoms with Crippen molar-refractivity contribution in [3.63, 3.8) is 0 Å². The Labute approximate surface area is 367 Å². The Balaban J connectivity index is 0.000000190. The summed E-state index contributed by atoms with van der Waals surface area (Å²) in [6.45, 7) is 9.12. The second kappa shape index (κ2) is 19.2. The van der Waals surface area contributed by atoms with Gasteiger partial charge in [0.05, 0.1) is 31.9 Å². The lowest BCUT2D eigenvalue weighted by atomic mass is 9.89. The number of carbonyl (C=O) groups is 4. The highest BCUT2D eigenvalue weighted by Crippen LogP contribution is 2.44. The van der Waals surface area contributed by atoms with Crippen molar-refractivity contribution < 1.29 is 33.2 Å². The monoisotopic (exact) mass is 848 g/mol. The molecule has 2 aliphatic rings. The molecule has 0 radical (unpaired) electrons. The zero-order valence-corrected chi connectivity index (χ0v) is 36.6. The number of pyridine rings is 1. The SMILES string of the molecule is CCc1cc(C(=O)N2c3ccccc3C(N(C(C)=O)c3ccccc3)CC2C)no1.COc1cc(C(=O)N2c3ccccc3C(N(C(C)=O)c3ccccc3)CC2C)cc(OC)n1. The van der Waals surface area contributed by atoms with Crippen LogP contribution in [0.1, 0.15) is 97.3 Å². The Bertz CT molecular complexity index is 2560. The summed E-state index contributed by atoms with van der Waals surface area (Å²) in [4.78, 5) is 63.8. The third-order valence-electron chi connectivity index (χ3n) is 11.5. The summed E-state index contributed by atoms with van der Waals surface area (Å²) in [6.07, 6.45) is 1.89. The van der Waals surface area contributed by atoms with E-state index >= 15 is 0 Å². The fraction of sp³-hybridized carbons (Fsp3) is 0.280. The van der Waals surface area contributed by atoms with E-state index in [1.165, 1.54) is 14.2 Å². The van der Waals surface area contributed by atoms with Crippen LogP contribution < -0.4 is 29.1 Å². The molecule has 0 aliphatic carbocycles. The van der Waals surface area contributed by atoms with Crippen molar-refractivity contribution in [1.82, 2.24) is 10.1 Å². The maximum Gasteiger partial charge on any atom is 0.280 e. The molecule has 324 valence electrons. The molecule has 4 amide bonds. The number of carbonyl (C=O) groups excluding carboxylic acids is 4. The van der Waals surface area contributed by atoms with Gasteiger partial charge in [-0.1, -0.05) is 84.9 Å². The largest absolute Gasteiger partial charge is 0.481 e. The second-order valence-corrected chi connectivity index (χ2v) is 15.6. The zero-order valence-electron chi connectivity index (χ0n) is 36.6. The summed E-state index contributed by atoms with van der Waals surface area (Å²) in [7, 11) is 3.00. The normalized spacial score (nSPS) is 17.6. The number of para-hydroxylation sites is 4. The third kappa shape index (κ3) is 9.04. The third-order valence-corrected chi connectivity index (χ3v) is 11.5. The number of nitrogens with zero attached hydrogens (tertiary/aromatic N) is 6. The molecular weight excluding hydrogens is 797 g/mol. The van der Waals surface area contributed by atoms with Gasteiger partial charge in [0.2, 0.25) is 23.6 Å². The lowest BCUT2D eigenvalue weighted by molar-refractivity contribution is -0.118. The van der Waals surface area contributed by atoms with Gasteiger partial charge in [-0.2, -0.15) is 4.98 Å².